The fraction of sp³-hybridized carbons (Fsp3) is 0. The molecule has 2 nitrogen and oxygen atoms in total. The van der Waals surface area contributed by atoms with E-state index in [1.807, 2.05) is 0 Å². The first-order valence-electron chi connectivity index (χ1n) is 17.3. The smallest absolute Gasteiger partial charge is 0.0548 e. The maximum Gasteiger partial charge on any atom is 0.0548 e. The summed E-state index contributed by atoms with van der Waals surface area (Å²) in [4.78, 5) is 0. The van der Waals surface area contributed by atoms with Crippen molar-refractivity contribution in [2.75, 3.05) is 0 Å². The summed E-state index contributed by atoms with van der Waals surface area (Å²) in [6.45, 7) is 0. The molecule has 2 aromatic heterocycles. The number of nitrogens with zero attached hydrogens (tertiary/aromatic N) is 2. The van der Waals surface area contributed by atoms with Gasteiger partial charge in [-0.2, -0.15) is 0 Å². The highest BCUT2D eigenvalue weighted by atomic mass is 15.0. The molecule has 0 saturated heterocycles. The second kappa shape index (κ2) is 10.4. The number of fused-ring (bicyclic) bond motifs is 10. The quantitative estimate of drug-likeness (QED) is 0.171. The molecule has 0 N–H and O–H groups in total. The van der Waals surface area contributed by atoms with E-state index in [1.165, 1.54) is 98.4 Å². The van der Waals surface area contributed by atoms with E-state index in [4.69, 9.17) is 0 Å². The fourth-order valence-corrected chi connectivity index (χ4v) is 8.32. The lowest BCUT2D eigenvalue weighted by molar-refractivity contribution is 1.18. The van der Waals surface area contributed by atoms with Gasteiger partial charge >= 0.3 is 0 Å². The van der Waals surface area contributed by atoms with Crippen LogP contribution in [0.15, 0.2) is 182 Å². The predicted molar refractivity (Wildman–Crippen MR) is 213 cm³/mol. The summed E-state index contributed by atoms with van der Waals surface area (Å²) in [6, 6.07) is 66.9. The molecule has 50 heavy (non-hydrogen) atoms. The van der Waals surface area contributed by atoms with Crippen LogP contribution in [0.5, 0.6) is 0 Å². The predicted octanol–water partition coefficient (Wildman–Crippen LogP) is 13.0. The van der Waals surface area contributed by atoms with Gasteiger partial charge in [-0.1, -0.05) is 121 Å². The molecule has 2 heterocycles. The van der Waals surface area contributed by atoms with Gasteiger partial charge in [-0.15, -0.1) is 0 Å². The molecule has 0 aliphatic heterocycles. The molecule has 9 aromatic carbocycles. The Kier molecular flexibility index (Phi) is 5.70. The fourth-order valence-electron chi connectivity index (χ4n) is 8.32. The van der Waals surface area contributed by atoms with Crippen molar-refractivity contribution in [2.45, 2.75) is 0 Å². The van der Waals surface area contributed by atoms with Crippen molar-refractivity contribution < 1.29 is 0 Å². The van der Waals surface area contributed by atoms with E-state index in [-0.39, 0.29) is 0 Å². The normalized spacial score (nSPS) is 12.0. The molecule has 0 aliphatic carbocycles. The number of hydrogen-bond acceptors (Lipinski definition) is 0. The van der Waals surface area contributed by atoms with Crippen LogP contribution in [0, 0.1) is 0 Å². The number of rotatable bonds is 3. The molecule has 0 unspecified atom stereocenters. The summed E-state index contributed by atoms with van der Waals surface area (Å²) in [6.07, 6.45) is 0. The van der Waals surface area contributed by atoms with Crippen molar-refractivity contribution in [3.8, 4) is 22.5 Å². The van der Waals surface area contributed by atoms with Crippen molar-refractivity contribution in [3.05, 3.63) is 182 Å². The lowest BCUT2D eigenvalue weighted by atomic mass is 10.0. The zero-order valence-electron chi connectivity index (χ0n) is 27.2. The maximum atomic E-state index is 2.47. The highest BCUT2D eigenvalue weighted by molar-refractivity contribution is 6.29. The third kappa shape index (κ3) is 3.96. The molecular weight excluding hydrogens is 605 g/mol. The third-order valence-corrected chi connectivity index (χ3v) is 10.6. The number of para-hydroxylation sites is 1. The SMILES string of the molecule is c1ccc(-c2ccc3c4c5c6ccccc6n(-c6ccc7cc8ccccc8cc7c6)c5ccc4n(-c4ccc5ccccc5c4)c3c2)cc1. The summed E-state index contributed by atoms with van der Waals surface area (Å²) in [5, 5.41) is 12.6. The van der Waals surface area contributed by atoms with Gasteiger partial charge in [0, 0.05) is 32.9 Å². The van der Waals surface area contributed by atoms with Gasteiger partial charge in [0.2, 0.25) is 0 Å². The van der Waals surface area contributed by atoms with Crippen LogP contribution in [0.2, 0.25) is 0 Å². The van der Waals surface area contributed by atoms with Gasteiger partial charge < -0.3 is 9.13 Å². The molecule has 0 saturated carbocycles. The monoisotopic (exact) mass is 634 g/mol. The van der Waals surface area contributed by atoms with E-state index in [0.717, 1.165) is 0 Å². The van der Waals surface area contributed by atoms with Crippen LogP contribution < -0.4 is 0 Å². The zero-order valence-corrected chi connectivity index (χ0v) is 27.2. The van der Waals surface area contributed by atoms with Crippen LogP contribution in [0.3, 0.4) is 0 Å². The molecular formula is C48H30N2. The molecule has 0 aliphatic rings. The first kappa shape index (κ1) is 27.3. The molecule has 2 heteroatoms. The van der Waals surface area contributed by atoms with Gasteiger partial charge in [-0.3, -0.25) is 0 Å². The van der Waals surface area contributed by atoms with Gasteiger partial charge in [0.25, 0.3) is 0 Å². The summed E-state index contributed by atoms with van der Waals surface area (Å²) >= 11 is 0. The third-order valence-electron chi connectivity index (χ3n) is 10.6. The summed E-state index contributed by atoms with van der Waals surface area (Å²) in [5.41, 5.74) is 9.60. The Bertz CT molecular complexity index is 3140. The summed E-state index contributed by atoms with van der Waals surface area (Å²) in [5.74, 6) is 0. The minimum Gasteiger partial charge on any atom is -0.309 e. The second-order valence-corrected chi connectivity index (χ2v) is 13.4. The van der Waals surface area contributed by atoms with Crippen molar-refractivity contribution in [1.82, 2.24) is 9.13 Å². The number of benzene rings is 9. The van der Waals surface area contributed by atoms with Crippen molar-refractivity contribution in [2.24, 2.45) is 0 Å². The molecule has 0 radical (unpaired) electrons. The first-order valence-corrected chi connectivity index (χ1v) is 17.3. The first-order chi connectivity index (χ1) is 24.8. The second-order valence-electron chi connectivity index (χ2n) is 13.4. The van der Waals surface area contributed by atoms with Gasteiger partial charge in [0.1, 0.15) is 0 Å². The highest BCUT2D eigenvalue weighted by Crippen LogP contribution is 2.43. The van der Waals surface area contributed by atoms with Crippen molar-refractivity contribution >= 4 is 75.9 Å². The average molecular weight is 635 g/mol. The van der Waals surface area contributed by atoms with Gasteiger partial charge in [-0.25, -0.2) is 0 Å². The zero-order chi connectivity index (χ0) is 32.8. The Labute approximate surface area is 288 Å². The van der Waals surface area contributed by atoms with Gasteiger partial charge in [0.05, 0.1) is 22.1 Å². The molecule has 11 aromatic rings. The van der Waals surface area contributed by atoms with Crippen LogP contribution in [-0.2, 0) is 0 Å². The van der Waals surface area contributed by atoms with E-state index in [2.05, 4.69) is 191 Å². The lowest BCUT2D eigenvalue weighted by Crippen LogP contribution is -1.95. The van der Waals surface area contributed by atoms with Gasteiger partial charge in [0.15, 0.2) is 0 Å². The van der Waals surface area contributed by atoms with Crippen LogP contribution >= 0.6 is 0 Å². The number of aromatic nitrogens is 2. The topological polar surface area (TPSA) is 9.86 Å². The molecule has 0 fully saturated rings. The van der Waals surface area contributed by atoms with Gasteiger partial charge in [-0.05, 0) is 104 Å². The minimum absolute atomic E-state index is 1.17. The number of hydrogen-bond donors (Lipinski definition) is 0. The molecule has 0 atom stereocenters. The summed E-state index contributed by atoms with van der Waals surface area (Å²) < 4.78 is 4.92. The van der Waals surface area contributed by atoms with Crippen LogP contribution in [0.4, 0.5) is 0 Å². The standard InChI is InChI=1S/C48H30N2/c1-2-10-31(11-3-1)37-20-23-42-46(30-37)50(39-21-18-32-12-4-5-15-35(32)28-39)45-25-24-44-47(48(42)45)41-16-8-9-17-43(41)49(44)40-22-19-36-26-33-13-6-7-14-34(33)27-38(36)29-40/h1-30H. The highest BCUT2D eigenvalue weighted by Gasteiger charge is 2.21. The Morgan fingerprint density at radius 1 is 0.260 bits per heavy atom. The molecule has 0 amide bonds. The Hall–Kier alpha value is -6.64. The van der Waals surface area contributed by atoms with Crippen LogP contribution in [0.1, 0.15) is 0 Å². The van der Waals surface area contributed by atoms with Crippen molar-refractivity contribution in [3.63, 3.8) is 0 Å². The lowest BCUT2D eigenvalue weighted by Gasteiger charge is -2.11. The Balaban J connectivity index is 1.24. The largest absolute Gasteiger partial charge is 0.309 e. The maximum absolute atomic E-state index is 2.47. The van der Waals surface area contributed by atoms with Crippen LogP contribution in [-0.4, -0.2) is 9.13 Å². The van der Waals surface area contributed by atoms with E-state index in [1.54, 1.807) is 0 Å². The molecule has 232 valence electrons. The van der Waals surface area contributed by atoms with E-state index < -0.39 is 0 Å². The minimum atomic E-state index is 1.17. The van der Waals surface area contributed by atoms with E-state index in [0.29, 0.717) is 0 Å². The van der Waals surface area contributed by atoms with E-state index in [9.17, 15) is 0 Å². The molecule has 11 rings (SSSR count). The molecule has 0 spiro atoms. The Morgan fingerprint density at radius 3 is 1.52 bits per heavy atom. The Morgan fingerprint density at radius 2 is 0.780 bits per heavy atom. The summed E-state index contributed by atoms with van der Waals surface area (Å²) in [7, 11) is 0. The van der Waals surface area contributed by atoms with E-state index >= 15 is 0 Å². The van der Waals surface area contributed by atoms with Crippen molar-refractivity contribution in [1.29, 1.82) is 0 Å². The molecule has 0 bridgehead atoms. The van der Waals surface area contributed by atoms with Crippen LogP contribution in [0.25, 0.3) is 98.4 Å². The average Bonchev–Trinajstić information content (AvgIpc) is 3.69.